The summed E-state index contributed by atoms with van der Waals surface area (Å²) in [6.07, 6.45) is -3.84. The van der Waals surface area contributed by atoms with Gasteiger partial charge in [0.25, 0.3) is 0 Å². The number of sulfone groups is 1. The highest BCUT2D eigenvalue weighted by Crippen LogP contribution is 2.30. The zero-order chi connectivity index (χ0) is 18.5. The van der Waals surface area contributed by atoms with Gasteiger partial charge in [-0.15, -0.1) is 24.0 Å². The molecule has 1 saturated heterocycles. The van der Waals surface area contributed by atoms with E-state index in [9.17, 15) is 21.6 Å². The molecule has 1 aliphatic heterocycles. The smallest absolute Gasteiger partial charge is 0.416 e. The van der Waals surface area contributed by atoms with E-state index in [1.165, 1.54) is 12.1 Å². The lowest BCUT2D eigenvalue weighted by molar-refractivity contribution is -0.137. The van der Waals surface area contributed by atoms with Crippen LogP contribution >= 0.6 is 24.0 Å². The first kappa shape index (κ1) is 22.8. The summed E-state index contributed by atoms with van der Waals surface area (Å²) in [5.41, 5.74) is -0.728. The van der Waals surface area contributed by atoms with Crippen LogP contribution in [0.2, 0.25) is 0 Å². The lowest BCUT2D eigenvalue weighted by atomic mass is 10.2. The van der Waals surface area contributed by atoms with Crippen LogP contribution < -0.4 is 15.4 Å². The lowest BCUT2D eigenvalue weighted by Gasteiger charge is -2.16. The van der Waals surface area contributed by atoms with Gasteiger partial charge in [-0.1, -0.05) is 0 Å². The number of halogens is 4. The molecule has 0 bridgehead atoms. The molecule has 2 rings (SSSR count). The second-order valence-electron chi connectivity index (χ2n) is 5.61. The number of benzene rings is 1. The quantitative estimate of drug-likeness (QED) is 0.276. The van der Waals surface area contributed by atoms with Crippen molar-refractivity contribution in [1.82, 2.24) is 10.6 Å². The first-order chi connectivity index (χ1) is 11.7. The van der Waals surface area contributed by atoms with Crippen molar-refractivity contribution in [2.45, 2.75) is 18.6 Å². The van der Waals surface area contributed by atoms with Crippen LogP contribution in [0, 0.1) is 0 Å². The summed E-state index contributed by atoms with van der Waals surface area (Å²) < 4.78 is 65.6. The third-order valence-electron chi connectivity index (χ3n) is 3.64. The molecule has 6 nitrogen and oxygen atoms in total. The zero-order valence-electron chi connectivity index (χ0n) is 14.0. The van der Waals surface area contributed by atoms with E-state index in [1.54, 1.807) is 7.05 Å². The summed E-state index contributed by atoms with van der Waals surface area (Å²) in [4.78, 5) is 4.00. The highest BCUT2D eigenvalue weighted by Gasteiger charge is 2.30. The molecule has 1 aliphatic rings. The van der Waals surface area contributed by atoms with Gasteiger partial charge >= 0.3 is 6.18 Å². The molecule has 1 fully saturated rings. The minimum absolute atomic E-state index is 0. The Morgan fingerprint density at radius 3 is 2.46 bits per heavy atom. The van der Waals surface area contributed by atoms with Crippen molar-refractivity contribution in [3.05, 3.63) is 29.8 Å². The van der Waals surface area contributed by atoms with E-state index < -0.39 is 21.6 Å². The number of guanidine groups is 1. The summed E-state index contributed by atoms with van der Waals surface area (Å²) >= 11 is 0. The fourth-order valence-corrected chi connectivity index (χ4v) is 4.05. The molecule has 148 valence electrons. The predicted octanol–water partition coefficient (Wildman–Crippen LogP) is 2.05. The van der Waals surface area contributed by atoms with Gasteiger partial charge in [0.05, 0.1) is 23.6 Å². The number of alkyl halides is 3. The summed E-state index contributed by atoms with van der Waals surface area (Å²) in [5, 5.41) is 5.99. The highest BCUT2D eigenvalue weighted by molar-refractivity contribution is 14.0. The van der Waals surface area contributed by atoms with E-state index >= 15 is 0 Å². The zero-order valence-corrected chi connectivity index (χ0v) is 17.2. The molecular formula is C15H21F3IN3O3S. The van der Waals surface area contributed by atoms with Crippen molar-refractivity contribution >= 4 is 39.8 Å². The molecule has 0 amide bonds. The van der Waals surface area contributed by atoms with E-state index in [-0.39, 0.29) is 48.1 Å². The first-order valence-electron chi connectivity index (χ1n) is 7.67. The second kappa shape index (κ2) is 9.62. The largest absolute Gasteiger partial charge is 0.492 e. The Morgan fingerprint density at radius 2 is 1.96 bits per heavy atom. The van der Waals surface area contributed by atoms with Crippen LogP contribution in [0.4, 0.5) is 13.2 Å². The van der Waals surface area contributed by atoms with Crippen molar-refractivity contribution in [3.63, 3.8) is 0 Å². The van der Waals surface area contributed by atoms with Gasteiger partial charge in [-0.05, 0) is 30.7 Å². The fraction of sp³-hybridized carbons (Fsp3) is 0.533. The molecule has 0 spiro atoms. The number of nitrogens with one attached hydrogen (secondary N) is 2. The Hall–Kier alpha value is -1.24. The van der Waals surface area contributed by atoms with Crippen LogP contribution in [-0.2, 0) is 16.0 Å². The number of ether oxygens (including phenoxy) is 1. The first-order valence-corrected chi connectivity index (χ1v) is 9.49. The van der Waals surface area contributed by atoms with Gasteiger partial charge in [-0.25, -0.2) is 8.42 Å². The van der Waals surface area contributed by atoms with Gasteiger partial charge in [-0.3, -0.25) is 4.99 Å². The number of rotatable bonds is 5. The average molecular weight is 507 g/mol. The maximum Gasteiger partial charge on any atom is 0.416 e. The number of nitrogens with zero attached hydrogens (tertiary/aromatic N) is 1. The molecule has 1 aromatic carbocycles. The maximum atomic E-state index is 12.5. The molecule has 2 N–H and O–H groups in total. The van der Waals surface area contributed by atoms with Crippen LogP contribution in [0.3, 0.4) is 0 Å². The fourth-order valence-electron chi connectivity index (χ4n) is 2.38. The Morgan fingerprint density at radius 1 is 1.31 bits per heavy atom. The van der Waals surface area contributed by atoms with E-state index in [0.717, 1.165) is 12.1 Å². The van der Waals surface area contributed by atoms with Gasteiger partial charge in [-0.2, -0.15) is 13.2 Å². The Kier molecular flexibility index (Phi) is 8.44. The number of aliphatic imine (C=N–C) groups is 1. The Labute approximate surface area is 167 Å². The van der Waals surface area contributed by atoms with Gasteiger partial charge < -0.3 is 15.4 Å². The molecule has 1 heterocycles. The third kappa shape index (κ3) is 7.17. The van der Waals surface area contributed by atoms with Gasteiger partial charge in [0.1, 0.15) is 12.4 Å². The minimum Gasteiger partial charge on any atom is -0.492 e. The minimum atomic E-state index is -4.37. The van der Waals surface area contributed by atoms with Crippen LogP contribution in [-0.4, -0.2) is 52.1 Å². The molecule has 1 aromatic rings. The third-order valence-corrected chi connectivity index (χ3v) is 5.41. The summed E-state index contributed by atoms with van der Waals surface area (Å²) in [6.45, 7) is 0.579. The van der Waals surface area contributed by atoms with Crippen molar-refractivity contribution in [3.8, 4) is 5.75 Å². The molecular weight excluding hydrogens is 486 g/mol. The molecule has 1 atom stereocenters. The standard InChI is InChI=1S/C15H20F3N3O3S.HI/c1-19-14(21-12-6-9-25(22,23)10-12)20-7-8-24-13-4-2-11(3-5-13)15(16,17)18;/h2-5,12H,6-10H2,1H3,(H2,19,20,21);1H. The normalized spacial score (nSPS) is 19.5. The summed E-state index contributed by atoms with van der Waals surface area (Å²) in [5.74, 6) is 1.03. The molecule has 0 aromatic heterocycles. The van der Waals surface area contributed by atoms with Crippen LogP contribution in [0.5, 0.6) is 5.75 Å². The van der Waals surface area contributed by atoms with Crippen molar-refractivity contribution in [2.75, 3.05) is 31.7 Å². The summed E-state index contributed by atoms with van der Waals surface area (Å²) in [7, 11) is -1.41. The van der Waals surface area contributed by atoms with Crippen molar-refractivity contribution in [2.24, 2.45) is 4.99 Å². The topological polar surface area (TPSA) is 79.8 Å². The van der Waals surface area contributed by atoms with Crippen LogP contribution in [0.25, 0.3) is 0 Å². The maximum absolute atomic E-state index is 12.5. The molecule has 0 aliphatic carbocycles. The van der Waals surface area contributed by atoms with E-state index in [2.05, 4.69) is 15.6 Å². The molecule has 1 unspecified atom stereocenters. The number of hydrogen-bond acceptors (Lipinski definition) is 4. The predicted molar refractivity (Wildman–Crippen MR) is 104 cm³/mol. The van der Waals surface area contributed by atoms with Crippen LogP contribution in [0.15, 0.2) is 29.3 Å². The summed E-state index contributed by atoms with van der Waals surface area (Å²) in [6, 6.07) is 4.28. The monoisotopic (exact) mass is 507 g/mol. The van der Waals surface area contributed by atoms with Gasteiger partial charge in [0.2, 0.25) is 0 Å². The van der Waals surface area contributed by atoms with Gasteiger partial charge in [0, 0.05) is 13.1 Å². The highest BCUT2D eigenvalue weighted by atomic mass is 127. The SMILES string of the molecule is CN=C(NCCOc1ccc(C(F)(F)F)cc1)NC1CCS(=O)(=O)C1.I. The second-order valence-corrected chi connectivity index (χ2v) is 7.84. The number of hydrogen-bond donors (Lipinski definition) is 2. The van der Waals surface area contributed by atoms with E-state index in [0.29, 0.717) is 24.7 Å². The average Bonchev–Trinajstić information content (AvgIpc) is 2.88. The lowest BCUT2D eigenvalue weighted by Crippen LogP contribution is -2.45. The Bertz CT molecular complexity index is 709. The molecule has 0 saturated carbocycles. The van der Waals surface area contributed by atoms with Gasteiger partial charge in [0.15, 0.2) is 15.8 Å². The van der Waals surface area contributed by atoms with Crippen molar-refractivity contribution in [1.29, 1.82) is 0 Å². The Balaban J connectivity index is 0.00000338. The van der Waals surface area contributed by atoms with E-state index in [4.69, 9.17) is 4.74 Å². The van der Waals surface area contributed by atoms with E-state index in [1.807, 2.05) is 0 Å². The van der Waals surface area contributed by atoms with Crippen molar-refractivity contribution < 1.29 is 26.3 Å². The molecule has 11 heteroatoms. The van der Waals surface area contributed by atoms with Crippen LogP contribution in [0.1, 0.15) is 12.0 Å². The molecule has 0 radical (unpaired) electrons. The molecule has 26 heavy (non-hydrogen) atoms.